The van der Waals surface area contributed by atoms with Crippen LogP contribution in [0.1, 0.15) is 30.0 Å². The molecular weight excluding hydrogens is 314 g/mol. The summed E-state index contributed by atoms with van der Waals surface area (Å²) in [6, 6.07) is 13.8. The molecule has 134 valence electrons. The first-order valence-corrected chi connectivity index (χ1v) is 8.56. The molecule has 0 aliphatic rings. The number of amides is 1. The summed E-state index contributed by atoms with van der Waals surface area (Å²) in [4.78, 5) is 14.5. The van der Waals surface area contributed by atoms with Crippen molar-refractivity contribution in [2.45, 2.75) is 39.8 Å². The maximum absolute atomic E-state index is 12.8. The molecule has 4 heteroatoms. The van der Waals surface area contributed by atoms with Crippen molar-refractivity contribution < 1.29 is 14.3 Å². The van der Waals surface area contributed by atoms with Crippen LogP contribution in [0.25, 0.3) is 0 Å². The van der Waals surface area contributed by atoms with Crippen molar-refractivity contribution in [2.24, 2.45) is 0 Å². The van der Waals surface area contributed by atoms with E-state index < -0.39 is 6.10 Å². The second kappa shape index (κ2) is 8.56. The molecule has 0 aliphatic carbocycles. The van der Waals surface area contributed by atoms with Gasteiger partial charge in [-0.1, -0.05) is 31.2 Å². The largest absolute Gasteiger partial charge is 0.497 e. The lowest BCUT2D eigenvalue weighted by atomic mass is 10.1. The number of methoxy groups -OCH3 is 1. The molecule has 0 unspecified atom stereocenters. The summed E-state index contributed by atoms with van der Waals surface area (Å²) in [7, 11) is 3.45. The molecule has 0 N–H and O–H groups in total. The van der Waals surface area contributed by atoms with E-state index in [4.69, 9.17) is 9.47 Å². The van der Waals surface area contributed by atoms with Gasteiger partial charge in [0.25, 0.3) is 5.91 Å². The first kappa shape index (κ1) is 18.8. The van der Waals surface area contributed by atoms with Gasteiger partial charge in [0, 0.05) is 13.6 Å². The highest BCUT2D eigenvalue weighted by molar-refractivity contribution is 5.81. The van der Waals surface area contributed by atoms with E-state index >= 15 is 0 Å². The number of benzene rings is 2. The number of hydrogen-bond acceptors (Lipinski definition) is 3. The van der Waals surface area contributed by atoms with Crippen LogP contribution in [-0.2, 0) is 11.3 Å². The van der Waals surface area contributed by atoms with Gasteiger partial charge in [-0.15, -0.1) is 0 Å². The molecule has 0 fully saturated rings. The van der Waals surface area contributed by atoms with E-state index in [2.05, 4.69) is 0 Å². The lowest BCUT2D eigenvalue weighted by Gasteiger charge is -2.24. The Bertz CT molecular complexity index is 710. The van der Waals surface area contributed by atoms with Crippen LogP contribution in [0.4, 0.5) is 0 Å². The van der Waals surface area contributed by atoms with E-state index in [-0.39, 0.29) is 5.91 Å². The maximum Gasteiger partial charge on any atom is 0.263 e. The fourth-order valence-corrected chi connectivity index (χ4v) is 2.62. The Morgan fingerprint density at radius 3 is 2.40 bits per heavy atom. The fraction of sp³-hybridized carbons (Fsp3) is 0.381. The molecule has 0 heterocycles. The minimum atomic E-state index is -0.483. The first-order valence-electron chi connectivity index (χ1n) is 8.56. The van der Waals surface area contributed by atoms with E-state index in [1.54, 1.807) is 12.0 Å². The summed E-state index contributed by atoms with van der Waals surface area (Å²) in [6.45, 7) is 6.52. The number of hydrogen-bond donors (Lipinski definition) is 0. The van der Waals surface area contributed by atoms with Crippen molar-refractivity contribution in [1.29, 1.82) is 0 Å². The Morgan fingerprint density at radius 2 is 1.80 bits per heavy atom. The quantitative estimate of drug-likeness (QED) is 0.760. The van der Waals surface area contributed by atoms with Crippen molar-refractivity contribution in [2.75, 3.05) is 14.2 Å². The lowest BCUT2D eigenvalue weighted by Crippen LogP contribution is -2.39. The number of carbonyl (C=O) groups excluding carboxylic acids is 1. The van der Waals surface area contributed by atoms with Gasteiger partial charge in [-0.25, -0.2) is 0 Å². The van der Waals surface area contributed by atoms with Crippen LogP contribution in [-0.4, -0.2) is 31.1 Å². The van der Waals surface area contributed by atoms with Crippen LogP contribution in [0.15, 0.2) is 42.5 Å². The van der Waals surface area contributed by atoms with Crippen molar-refractivity contribution in [3.05, 3.63) is 59.2 Å². The molecule has 0 radical (unpaired) electrons. The van der Waals surface area contributed by atoms with Gasteiger partial charge in [0.15, 0.2) is 6.10 Å². The van der Waals surface area contributed by atoms with E-state index in [0.29, 0.717) is 13.0 Å². The Morgan fingerprint density at radius 1 is 1.12 bits per heavy atom. The molecule has 0 bridgehead atoms. The zero-order valence-electron chi connectivity index (χ0n) is 15.7. The maximum atomic E-state index is 12.8. The molecule has 0 saturated heterocycles. The summed E-state index contributed by atoms with van der Waals surface area (Å²) in [5.74, 6) is 1.57. The smallest absolute Gasteiger partial charge is 0.263 e. The number of ether oxygens (including phenoxy) is 2. The predicted molar refractivity (Wildman–Crippen MR) is 100 cm³/mol. The molecule has 2 aromatic carbocycles. The van der Waals surface area contributed by atoms with Crippen molar-refractivity contribution in [3.8, 4) is 11.5 Å². The van der Waals surface area contributed by atoms with Crippen LogP contribution in [0.3, 0.4) is 0 Å². The zero-order chi connectivity index (χ0) is 18.4. The third kappa shape index (κ3) is 4.99. The summed E-state index contributed by atoms with van der Waals surface area (Å²) in [5, 5.41) is 0. The van der Waals surface area contributed by atoms with Gasteiger partial charge in [0.05, 0.1) is 7.11 Å². The highest BCUT2D eigenvalue weighted by Gasteiger charge is 2.23. The molecule has 2 rings (SSSR count). The molecule has 1 amide bonds. The van der Waals surface area contributed by atoms with E-state index in [0.717, 1.165) is 28.2 Å². The molecule has 2 aromatic rings. The molecule has 25 heavy (non-hydrogen) atoms. The van der Waals surface area contributed by atoms with Gasteiger partial charge in [0.1, 0.15) is 11.5 Å². The molecule has 0 saturated carbocycles. The van der Waals surface area contributed by atoms with Gasteiger partial charge in [0.2, 0.25) is 0 Å². The Labute approximate surface area is 150 Å². The van der Waals surface area contributed by atoms with Crippen LogP contribution in [0, 0.1) is 13.8 Å². The molecular formula is C21H27NO3. The van der Waals surface area contributed by atoms with E-state index in [9.17, 15) is 4.79 Å². The summed E-state index contributed by atoms with van der Waals surface area (Å²) in [6.07, 6.45) is 0.142. The van der Waals surface area contributed by atoms with Crippen molar-refractivity contribution in [3.63, 3.8) is 0 Å². The van der Waals surface area contributed by atoms with Crippen LogP contribution < -0.4 is 9.47 Å². The Balaban J connectivity index is 2.05. The summed E-state index contributed by atoms with van der Waals surface area (Å²) >= 11 is 0. The normalized spacial score (nSPS) is 11.7. The summed E-state index contributed by atoms with van der Waals surface area (Å²) in [5.41, 5.74) is 3.21. The number of aryl methyl sites for hydroxylation is 2. The number of likely N-dealkylation sites (N-methyl/N-ethyl adjacent to an activating group) is 1. The fourth-order valence-electron chi connectivity index (χ4n) is 2.62. The highest BCUT2D eigenvalue weighted by Crippen LogP contribution is 2.22. The highest BCUT2D eigenvalue weighted by atomic mass is 16.5. The van der Waals surface area contributed by atoms with Gasteiger partial charge in [-0.05, 0) is 55.2 Å². The monoisotopic (exact) mass is 341 g/mol. The molecule has 1 atom stereocenters. The van der Waals surface area contributed by atoms with Crippen LogP contribution in [0.5, 0.6) is 11.5 Å². The van der Waals surface area contributed by atoms with Crippen LogP contribution in [0.2, 0.25) is 0 Å². The van der Waals surface area contributed by atoms with Gasteiger partial charge >= 0.3 is 0 Å². The van der Waals surface area contributed by atoms with E-state index in [1.807, 2.05) is 70.3 Å². The molecule has 0 spiro atoms. The topological polar surface area (TPSA) is 38.8 Å². The molecule has 4 nitrogen and oxygen atoms in total. The van der Waals surface area contributed by atoms with E-state index in [1.165, 1.54) is 0 Å². The zero-order valence-corrected chi connectivity index (χ0v) is 15.7. The Hall–Kier alpha value is -2.49. The SMILES string of the molecule is CC[C@@H](Oc1cc(C)ccc1C)C(=O)N(C)Cc1ccc(OC)cc1. The third-order valence-electron chi connectivity index (χ3n) is 4.21. The standard InChI is InChI=1S/C21H27NO3/c1-6-19(25-20-13-15(2)7-8-16(20)3)21(23)22(4)14-17-9-11-18(24-5)12-10-17/h7-13,19H,6,14H2,1-5H3/t19-/m1/s1. The average Bonchev–Trinajstić information content (AvgIpc) is 2.62. The number of carbonyl (C=O) groups is 1. The summed E-state index contributed by atoms with van der Waals surface area (Å²) < 4.78 is 11.2. The second-order valence-electron chi connectivity index (χ2n) is 6.33. The Kier molecular flexibility index (Phi) is 6.45. The molecule has 0 aromatic heterocycles. The minimum Gasteiger partial charge on any atom is -0.497 e. The molecule has 0 aliphatic heterocycles. The number of nitrogens with zero attached hydrogens (tertiary/aromatic N) is 1. The van der Waals surface area contributed by atoms with Gasteiger partial charge < -0.3 is 14.4 Å². The van der Waals surface area contributed by atoms with Gasteiger partial charge in [-0.2, -0.15) is 0 Å². The second-order valence-corrected chi connectivity index (χ2v) is 6.33. The first-order chi connectivity index (χ1) is 11.9. The average molecular weight is 341 g/mol. The van der Waals surface area contributed by atoms with Crippen molar-refractivity contribution in [1.82, 2.24) is 4.90 Å². The van der Waals surface area contributed by atoms with Crippen molar-refractivity contribution >= 4 is 5.91 Å². The van der Waals surface area contributed by atoms with Gasteiger partial charge in [-0.3, -0.25) is 4.79 Å². The predicted octanol–water partition coefficient (Wildman–Crippen LogP) is 4.13. The third-order valence-corrected chi connectivity index (χ3v) is 4.21. The van der Waals surface area contributed by atoms with Crippen LogP contribution >= 0.6 is 0 Å². The number of rotatable bonds is 7. The lowest BCUT2D eigenvalue weighted by molar-refractivity contribution is -0.138. The minimum absolute atomic E-state index is 0.0146.